The number of aromatic nitrogens is 2. The molecule has 0 radical (unpaired) electrons. The zero-order valence-corrected chi connectivity index (χ0v) is 9.65. The first-order chi connectivity index (χ1) is 7.84. The molecule has 1 aromatic rings. The molecule has 0 aliphatic heterocycles. The van der Waals surface area contributed by atoms with Gasteiger partial charge in [0.2, 0.25) is 0 Å². The molecular formula is C13H19N3. The molecular weight excluding hydrogens is 198 g/mol. The molecule has 0 bridgehead atoms. The van der Waals surface area contributed by atoms with Gasteiger partial charge in [-0.3, -0.25) is 0 Å². The number of rotatable bonds is 1. The molecule has 0 spiro atoms. The van der Waals surface area contributed by atoms with Crippen molar-refractivity contribution in [1.82, 2.24) is 9.97 Å². The quantitative estimate of drug-likeness (QED) is 0.786. The van der Waals surface area contributed by atoms with Gasteiger partial charge >= 0.3 is 0 Å². The number of hydrogen-bond acceptors (Lipinski definition) is 3. The van der Waals surface area contributed by atoms with Gasteiger partial charge in [0.25, 0.3) is 0 Å². The van der Waals surface area contributed by atoms with Gasteiger partial charge in [-0.1, -0.05) is 19.3 Å². The Kier molecular flexibility index (Phi) is 2.64. The molecule has 1 heterocycles. The van der Waals surface area contributed by atoms with Crippen LogP contribution in [0, 0.1) is 0 Å². The third-order valence-electron chi connectivity index (χ3n) is 3.96. The number of nitrogens with zero attached hydrogens (tertiary/aromatic N) is 2. The predicted molar refractivity (Wildman–Crippen MR) is 63.1 cm³/mol. The molecule has 1 aromatic heterocycles. The minimum Gasteiger partial charge on any atom is -0.323 e. The Balaban J connectivity index is 1.88. The van der Waals surface area contributed by atoms with Crippen molar-refractivity contribution in [3.8, 4) is 0 Å². The van der Waals surface area contributed by atoms with E-state index in [9.17, 15) is 0 Å². The van der Waals surface area contributed by atoms with E-state index in [1.165, 1.54) is 37.7 Å². The van der Waals surface area contributed by atoms with Gasteiger partial charge in [-0.25, -0.2) is 9.97 Å². The van der Waals surface area contributed by atoms with E-state index >= 15 is 0 Å². The van der Waals surface area contributed by atoms with Crippen molar-refractivity contribution in [2.75, 3.05) is 0 Å². The topological polar surface area (TPSA) is 51.8 Å². The van der Waals surface area contributed by atoms with Gasteiger partial charge in [0.05, 0.1) is 5.69 Å². The van der Waals surface area contributed by atoms with Crippen molar-refractivity contribution in [2.45, 2.75) is 56.9 Å². The summed E-state index contributed by atoms with van der Waals surface area (Å²) in [6, 6.07) is 0.153. The number of nitrogens with two attached hydrogens (primary N) is 1. The lowest BCUT2D eigenvalue weighted by molar-refractivity contribution is 0.427. The van der Waals surface area contributed by atoms with Gasteiger partial charge in [0, 0.05) is 18.2 Å². The van der Waals surface area contributed by atoms with Crippen molar-refractivity contribution < 1.29 is 0 Å². The summed E-state index contributed by atoms with van der Waals surface area (Å²) in [5.41, 5.74) is 8.45. The van der Waals surface area contributed by atoms with Crippen LogP contribution in [0.1, 0.15) is 67.6 Å². The Morgan fingerprint density at radius 2 is 1.94 bits per heavy atom. The minimum absolute atomic E-state index is 0.153. The summed E-state index contributed by atoms with van der Waals surface area (Å²) in [6.07, 6.45) is 10.7. The molecule has 2 aliphatic rings. The molecule has 2 aliphatic carbocycles. The summed E-state index contributed by atoms with van der Waals surface area (Å²) in [5.74, 6) is 1.64. The molecule has 86 valence electrons. The Bertz CT molecular complexity index is 383. The van der Waals surface area contributed by atoms with Gasteiger partial charge in [-0.2, -0.15) is 0 Å². The largest absolute Gasteiger partial charge is 0.323 e. The lowest BCUT2D eigenvalue weighted by atomic mass is 9.88. The van der Waals surface area contributed by atoms with Crippen LogP contribution in [0.2, 0.25) is 0 Å². The lowest BCUT2D eigenvalue weighted by Gasteiger charge is -2.20. The molecule has 3 nitrogen and oxygen atoms in total. The predicted octanol–water partition coefficient (Wildman–Crippen LogP) is 2.47. The van der Waals surface area contributed by atoms with Gasteiger partial charge < -0.3 is 5.73 Å². The number of aryl methyl sites for hydroxylation is 1. The first-order valence-electron chi connectivity index (χ1n) is 6.46. The molecule has 1 fully saturated rings. The van der Waals surface area contributed by atoms with Crippen LogP contribution in [0.3, 0.4) is 0 Å². The molecule has 3 rings (SSSR count). The molecule has 0 saturated heterocycles. The average Bonchev–Trinajstić information content (AvgIpc) is 2.72. The molecule has 3 heteroatoms. The van der Waals surface area contributed by atoms with E-state index in [4.69, 9.17) is 10.7 Å². The van der Waals surface area contributed by atoms with Crippen LogP contribution >= 0.6 is 0 Å². The standard InChI is InChI=1S/C13H19N3/c14-11-7-6-10-8-15-13(16-12(10)11)9-4-2-1-3-5-9/h8-9,11H,1-7,14H2. The third-order valence-corrected chi connectivity index (χ3v) is 3.96. The Hall–Kier alpha value is -0.960. The zero-order chi connectivity index (χ0) is 11.0. The maximum absolute atomic E-state index is 6.05. The summed E-state index contributed by atoms with van der Waals surface area (Å²) in [4.78, 5) is 9.26. The van der Waals surface area contributed by atoms with Crippen molar-refractivity contribution in [3.63, 3.8) is 0 Å². The second-order valence-corrected chi connectivity index (χ2v) is 5.12. The first-order valence-corrected chi connectivity index (χ1v) is 6.46. The van der Waals surface area contributed by atoms with Crippen LogP contribution in [-0.2, 0) is 6.42 Å². The number of hydrogen-bond donors (Lipinski definition) is 1. The van der Waals surface area contributed by atoms with Crippen LogP contribution in [0.25, 0.3) is 0 Å². The smallest absolute Gasteiger partial charge is 0.131 e. The third kappa shape index (κ3) is 1.73. The van der Waals surface area contributed by atoms with Crippen LogP contribution in [0.15, 0.2) is 6.20 Å². The van der Waals surface area contributed by atoms with Crippen LogP contribution in [0.5, 0.6) is 0 Å². The van der Waals surface area contributed by atoms with E-state index in [0.29, 0.717) is 5.92 Å². The van der Waals surface area contributed by atoms with E-state index in [-0.39, 0.29) is 6.04 Å². The molecule has 2 N–H and O–H groups in total. The maximum Gasteiger partial charge on any atom is 0.131 e. The first kappa shape index (κ1) is 10.2. The van der Waals surface area contributed by atoms with Crippen molar-refractivity contribution >= 4 is 0 Å². The minimum atomic E-state index is 0.153. The van der Waals surface area contributed by atoms with E-state index in [2.05, 4.69) is 4.98 Å². The number of fused-ring (bicyclic) bond motifs is 1. The highest BCUT2D eigenvalue weighted by Gasteiger charge is 2.24. The van der Waals surface area contributed by atoms with Crippen LogP contribution in [-0.4, -0.2) is 9.97 Å². The molecule has 0 amide bonds. The van der Waals surface area contributed by atoms with Gasteiger partial charge in [0.1, 0.15) is 5.82 Å². The van der Waals surface area contributed by atoms with Gasteiger partial charge in [-0.15, -0.1) is 0 Å². The lowest BCUT2D eigenvalue weighted by Crippen LogP contribution is -2.13. The Morgan fingerprint density at radius 1 is 1.12 bits per heavy atom. The van der Waals surface area contributed by atoms with E-state index < -0.39 is 0 Å². The van der Waals surface area contributed by atoms with Crippen molar-refractivity contribution in [3.05, 3.63) is 23.3 Å². The summed E-state index contributed by atoms with van der Waals surface area (Å²) in [6.45, 7) is 0. The highest BCUT2D eigenvalue weighted by Crippen LogP contribution is 2.33. The fraction of sp³-hybridized carbons (Fsp3) is 0.692. The second-order valence-electron chi connectivity index (χ2n) is 5.12. The highest BCUT2D eigenvalue weighted by atomic mass is 14.9. The van der Waals surface area contributed by atoms with E-state index in [1.807, 2.05) is 6.20 Å². The molecule has 1 saturated carbocycles. The molecule has 1 unspecified atom stereocenters. The second kappa shape index (κ2) is 4.13. The summed E-state index contributed by atoms with van der Waals surface area (Å²) in [7, 11) is 0. The molecule has 16 heavy (non-hydrogen) atoms. The Morgan fingerprint density at radius 3 is 2.75 bits per heavy atom. The maximum atomic E-state index is 6.05. The average molecular weight is 217 g/mol. The zero-order valence-electron chi connectivity index (χ0n) is 9.65. The van der Waals surface area contributed by atoms with Gasteiger partial charge in [0.15, 0.2) is 0 Å². The fourth-order valence-corrected chi connectivity index (χ4v) is 2.95. The van der Waals surface area contributed by atoms with E-state index in [0.717, 1.165) is 24.4 Å². The Labute approximate surface area is 96.5 Å². The fourth-order valence-electron chi connectivity index (χ4n) is 2.95. The van der Waals surface area contributed by atoms with Crippen LogP contribution in [0.4, 0.5) is 0 Å². The van der Waals surface area contributed by atoms with Crippen molar-refractivity contribution in [1.29, 1.82) is 0 Å². The molecule has 1 atom stereocenters. The SMILES string of the molecule is NC1CCc2cnc(C3CCCCC3)nc21. The summed E-state index contributed by atoms with van der Waals surface area (Å²) in [5, 5.41) is 0. The summed E-state index contributed by atoms with van der Waals surface area (Å²) >= 11 is 0. The molecule has 0 aromatic carbocycles. The van der Waals surface area contributed by atoms with Gasteiger partial charge in [-0.05, 0) is 31.2 Å². The monoisotopic (exact) mass is 217 g/mol. The normalized spacial score (nSPS) is 25.7. The van der Waals surface area contributed by atoms with E-state index in [1.54, 1.807) is 0 Å². The highest BCUT2D eigenvalue weighted by molar-refractivity contribution is 5.26. The summed E-state index contributed by atoms with van der Waals surface area (Å²) < 4.78 is 0. The van der Waals surface area contributed by atoms with Crippen molar-refractivity contribution in [2.24, 2.45) is 5.73 Å². The van der Waals surface area contributed by atoms with Crippen LogP contribution < -0.4 is 5.73 Å².